The molecular formula is C14H19BrFN3O2. The lowest BCUT2D eigenvalue weighted by Crippen LogP contribution is -2.50. The maximum Gasteiger partial charge on any atom is 0.293 e. The van der Waals surface area contributed by atoms with Crippen molar-refractivity contribution in [3.8, 4) is 0 Å². The molecule has 1 aromatic carbocycles. The van der Waals surface area contributed by atoms with Crippen molar-refractivity contribution in [3.63, 3.8) is 0 Å². The van der Waals surface area contributed by atoms with E-state index in [4.69, 9.17) is 0 Å². The van der Waals surface area contributed by atoms with Gasteiger partial charge in [-0.1, -0.05) is 13.8 Å². The number of halogens is 2. The number of nitro groups is 1. The van der Waals surface area contributed by atoms with E-state index >= 15 is 0 Å². The Bertz CT molecular complexity index is 551. The number of hydrogen-bond donors (Lipinski definition) is 2. The molecule has 1 aromatic rings. The number of piperidine rings is 1. The first kappa shape index (κ1) is 16.2. The number of rotatable bonds is 4. The van der Waals surface area contributed by atoms with E-state index in [1.165, 1.54) is 6.07 Å². The Labute approximate surface area is 131 Å². The normalized spacial score (nSPS) is 21.0. The molecule has 0 saturated carbocycles. The van der Waals surface area contributed by atoms with Crippen LogP contribution >= 0.6 is 15.9 Å². The van der Waals surface area contributed by atoms with Crippen molar-refractivity contribution in [1.29, 1.82) is 0 Å². The summed E-state index contributed by atoms with van der Waals surface area (Å²) in [5, 5.41) is 17.5. The van der Waals surface area contributed by atoms with Gasteiger partial charge in [-0.3, -0.25) is 10.1 Å². The highest BCUT2D eigenvalue weighted by molar-refractivity contribution is 9.10. The predicted octanol–water partition coefficient (Wildman–Crippen LogP) is 3.69. The van der Waals surface area contributed by atoms with Crippen molar-refractivity contribution in [3.05, 3.63) is 32.5 Å². The Kier molecular flexibility index (Phi) is 4.83. The minimum Gasteiger partial charge on any atom is -0.378 e. The molecule has 0 aliphatic carbocycles. The average Bonchev–Trinajstić information content (AvgIpc) is 2.40. The van der Waals surface area contributed by atoms with E-state index in [2.05, 4.69) is 40.4 Å². The lowest BCUT2D eigenvalue weighted by atomic mass is 9.77. The number of hydrogen-bond acceptors (Lipinski definition) is 4. The number of nitro benzene ring substituents is 1. The third-order valence-electron chi connectivity index (χ3n) is 4.06. The second-order valence-corrected chi connectivity index (χ2v) is 6.87. The zero-order valence-corrected chi connectivity index (χ0v) is 13.7. The van der Waals surface area contributed by atoms with Gasteiger partial charge in [-0.25, -0.2) is 4.39 Å². The van der Waals surface area contributed by atoms with Crippen LogP contribution < -0.4 is 10.6 Å². The first-order chi connectivity index (χ1) is 9.81. The van der Waals surface area contributed by atoms with E-state index in [9.17, 15) is 14.5 Å². The van der Waals surface area contributed by atoms with Crippen molar-refractivity contribution in [2.75, 3.05) is 18.4 Å². The quantitative estimate of drug-likeness (QED) is 0.635. The fraction of sp³-hybridized carbons (Fsp3) is 0.571. The second-order valence-electron chi connectivity index (χ2n) is 6.02. The summed E-state index contributed by atoms with van der Waals surface area (Å²) in [6, 6.07) is 2.55. The van der Waals surface area contributed by atoms with E-state index in [0.717, 1.165) is 25.5 Å². The highest BCUT2D eigenvalue weighted by atomic mass is 79.9. The minimum absolute atomic E-state index is 0.0934. The van der Waals surface area contributed by atoms with Gasteiger partial charge >= 0.3 is 0 Å². The Morgan fingerprint density at radius 3 is 2.90 bits per heavy atom. The summed E-state index contributed by atoms with van der Waals surface area (Å²) in [4.78, 5) is 10.6. The van der Waals surface area contributed by atoms with Gasteiger partial charge in [0.15, 0.2) is 0 Å². The third kappa shape index (κ3) is 3.71. The summed E-state index contributed by atoms with van der Waals surface area (Å²) in [5.41, 5.74) is 0.189. The SMILES string of the molecule is CC1(C)CCCNC1CNc1cc(F)c(Br)cc1[N+](=O)[O-]. The second kappa shape index (κ2) is 6.27. The largest absolute Gasteiger partial charge is 0.378 e. The standard InChI is InChI=1S/C14H19BrFN3O2/c1-14(2)4-3-5-17-13(14)8-18-11-7-10(16)9(15)6-12(11)19(20)21/h6-7,13,17-18H,3-5,8H2,1-2H3. The molecule has 21 heavy (non-hydrogen) atoms. The maximum atomic E-state index is 13.6. The Morgan fingerprint density at radius 2 is 2.29 bits per heavy atom. The van der Waals surface area contributed by atoms with Gasteiger partial charge in [0.25, 0.3) is 5.69 Å². The van der Waals surface area contributed by atoms with Gasteiger partial charge in [-0.2, -0.15) is 0 Å². The van der Waals surface area contributed by atoms with Gasteiger partial charge < -0.3 is 10.6 Å². The van der Waals surface area contributed by atoms with Crippen molar-refractivity contribution >= 4 is 27.3 Å². The fourth-order valence-electron chi connectivity index (χ4n) is 2.66. The Hall–Kier alpha value is -1.21. The summed E-state index contributed by atoms with van der Waals surface area (Å²) in [5.74, 6) is -0.515. The van der Waals surface area contributed by atoms with Crippen molar-refractivity contribution in [2.45, 2.75) is 32.7 Å². The molecule has 7 heteroatoms. The van der Waals surface area contributed by atoms with Gasteiger partial charge in [0.2, 0.25) is 0 Å². The first-order valence-corrected chi connectivity index (χ1v) is 7.71. The molecule has 1 fully saturated rings. The van der Waals surface area contributed by atoms with Crippen LogP contribution in [0.4, 0.5) is 15.8 Å². The van der Waals surface area contributed by atoms with Gasteiger partial charge in [0.05, 0.1) is 9.40 Å². The summed E-state index contributed by atoms with van der Waals surface area (Å²) in [6.45, 7) is 5.80. The van der Waals surface area contributed by atoms with Crippen LogP contribution in [0.15, 0.2) is 16.6 Å². The van der Waals surface area contributed by atoms with Crippen molar-refractivity contribution < 1.29 is 9.31 Å². The van der Waals surface area contributed by atoms with Crippen LogP contribution in [0.5, 0.6) is 0 Å². The highest BCUT2D eigenvalue weighted by Crippen LogP contribution is 2.33. The molecule has 0 aromatic heterocycles. The zero-order valence-electron chi connectivity index (χ0n) is 12.1. The molecule has 1 heterocycles. The van der Waals surface area contributed by atoms with Gasteiger partial charge in [0, 0.05) is 24.7 Å². The molecule has 0 spiro atoms. The van der Waals surface area contributed by atoms with Crippen LogP contribution in [0, 0.1) is 21.3 Å². The lowest BCUT2D eigenvalue weighted by Gasteiger charge is -2.39. The molecule has 0 radical (unpaired) electrons. The summed E-state index contributed by atoms with van der Waals surface area (Å²) in [6.07, 6.45) is 2.22. The molecule has 116 valence electrons. The van der Waals surface area contributed by atoms with Crippen LogP contribution in [0.25, 0.3) is 0 Å². The van der Waals surface area contributed by atoms with E-state index in [0.29, 0.717) is 6.54 Å². The Balaban J connectivity index is 2.16. The molecule has 1 saturated heterocycles. The number of nitrogens with zero attached hydrogens (tertiary/aromatic N) is 1. The van der Waals surface area contributed by atoms with Crippen LogP contribution in [0.1, 0.15) is 26.7 Å². The number of anilines is 1. The molecule has 0 bridgehead atoms. The summed E-state index contributed by atoms with van der Waals surface area (Å²) < 4.78 is 13.7. The van der Waals surface area contributed by atoms with Gasteiger partial charge in [-0.05, 0) is 40.7 Å². The molecule has 1 unspecified atom stereocenters. The predicted molar refractivity (Wildman–Crippen MR) is 84.0 cm³/mol. The van der Waals surface area contributed by atoms with Crippen LogP contribution in [0.3, 0.4) is 0 Å². The first-order valence-electron chi connectivity index (χ1n) is 6.92. The van der Waals surface area contributed by atoms with E-state index in [-0.39, 0.29) is 27.3 Å². The molecule has 1 aliphatic rings. The zero-order chi connectivity index (χ0) is 15.6. The van der Waals surface area contributed by atoms with Crippen LogP contribution in [-0.4, -0.2) is 24.1 Å². The topological polar surface area (TPSA) is 67.2 Å². The molecule has 2 N–H and O–H groups in total. The minimum atomic E-state index is -0.515. The molecule has 0 amide bonds. The maximum absolute atomic E-state index is 13.6. The third-order valence-corrected chi connectivity index (χ3v) is 4.67. The van der Waals surface area contributed by atoms with Crippen LogP contribution in [0.2, 0.25) is 0 Å². The summed E-state index contributed by atoms with van der Waals surface area (Å²) >= 11 is 2.97. The van der Waals surface area contributed by atoms with Crippen LogP contribution in [-0.2, 0) is 0 Å². The van der Waals surface area contributed by atoms with Crippen molar-refractivity contribution in [2.24, 2.45) is 5.41 Å². The molecule has 2 rings (SSSR count). The number of nitrogens with one attached hydrogen (secondary N) is 2. The lowest BCUT2D eigenvalue weighted by molar-refractivity contribution is -0.384. The van der Waals surface area contributed by atoms with E-state index in [1.54, 1.807) is 0 Å². The monoisotopic (exact) mass is 359 g/mol. The number of benzene rings is 1. The molecule has 1 aliphatic heterocycles. The van der Waals surface area contributed by atoms with Gasteiger partial charge in [-0.15, -0.1) is 0 Å². The van der Waals surface area contributed by atoms with E-state index in [1.807, 2.05) is 0 Å². The summed E-state index contributed by atoms with van der Waals surface area (Å²) in [7, 11) is 0. The smallest absolute Gasteiger partial charge is 0.293 e. The molecule has 5 nitrogen and oxygen atoms in total. The molecular weight excluding hydrogens is 341 g/mol. The van der Waals surface area contributed by atoms with E-state index < -0.39 is 10.7 Å². The van der Waals surface area contributed by atoms with Crippen molar-refractivity contribution in [1.82, 2.24) is 5.32 Å². The fourth-order valence-corrected chi connectivity index (χ4v) is 2.99. The highest BCUT2D eigenvalue weighted by Gasteiger charge is 2.32. The molecule has 1 atom stereocenters. The van der Waals surface area contributed by atoms with Gasteiger partial charge in [0.1, 0.15) is 11.5 Å². The Morgan fingerprint density at radius 1 is 1.57 bits per heavy atom. The average molecular weight is 360 g/mol.